The predicted molar refractivity (Wildman–Crippen MR) is 77.3 cm³/mol. The van der Waals surface area contributed by atoms with E-state index in [2.05, 4.69) is 4.90 Å². The van der Waals surface area contributed by atoms with Gasteiger partial charge in [0.15, 0.2) is 11.5 Å². The van der Waals surface area contributed by atoms with Crippen molar-refractivity contribution in [2.75, 3.05) is 33.9 Å². The van der Waals surface area contributed by atoms with Crippen LogP contribution in [0.1, 0.15) is 18.9 Å². The van der Waals surface area contributed by atoms with E-state index in [-0.39, 0.29) is 5.84 Å². The van der Waals surface area contributed by atoms with Crippen molar-refractivity contribution in [3.05, 3.63) is 23.8 Å². The second-order valence-corrected chi connectivity index (χ2v) is 4.51. The summed E-state index contributed by atoms with van der Waals surface area (Å²) < 4.78 is 11.2. The summed E-state index contributed by atoms with van der Waals surface area (Å²) in [6, 6.07) is 5.32. The molecule has 0 saturated heterocycles. The molecule has 0 heterocycles. The first-order chi connectivity index (χ1) is 9.04. The van der Waals surface area contributed by atoms with E-state index in [4.69, 9.17) is 20.6 Å². The molecule has 0 radical (unpaired) electrons. The van der Waals surface area contributed by atoms with Crippen molar-refractivity contribution in [3.8, 4) is 11.5 Å². The molecular weight excluding hydrogens is 242 g/mol. The molecule has 3 N–H and O–H groups in total. The summed E-state index contributed by atoms with van der Waals surface area (Å²) in [5.74, 6) is 1.37. The molecule has 0 bridgehead atoms. The van der Waals surface area contributed by atoms with Crippen LogP contribution in [0.15, 0.2) is 18.2 Å². The molecule has 0 fully saturated rings. The molecule has 0 aliphatic rings. The van der Waals surface area contributed by atoms with Crippen molar-refractivity contribution in [1.29, 1.82) is 5.41 Å². The van der Waals surface area contributed by atoms with E-state index in [1.165, 1.54) is 0 Å². The zero-order chi connectivity index (χ0) is 14.3. The topological polar surface area (TPSA) is 71.6 Å². The molecule has 0 spiro atoms. The van der Waals surface area contributed by atoms with Gasteiger partial charge < -0.3 is 20.1 Å². The predicted octanol–water partition coefficient (Wildman–Crippen LogP) is 1.70. The van der Waals surface area contributed by atoms with Gasteiger partial charge in [-0.15, -0.1) is 0 Å². The van der Waals surface area contributed by atoms with Gasteiger partial charge in [-0.25, -0.2) is 0 Å². The Morgan fingerprint density at radius 1 is 1.26 bits per heavy atom. The van der Waals surface area contributed by atoms with Gasteiger partial charge in [-0.3, -0.25) is 5.41 Å². The maximum absolute atomic E-state index is 7.43. The van der Waals surface area contributed by atoms with Crippen LogP contribution in [0.3, 0.4) is 0 Å². The smallest absolute Gasteiger partial charge is 0.161 e. The molecule has 0 aliphatic carbocycles. The SMILES string of the molecule is CCOc1cc(C(=N)N)ccc1OCCCN(C)C. The minimum absolute atomic E-state index is 0.0279. The number of nitrogens with two attached hydrogens (primary N) is 1. The summed E-state index contributed by atoms with van der Waals surface area (Å²) in [6.07, 6.45) is 0.951. The first-order valence-corrected chi connectivity index (χ1v) is 6.43. The number of benzene rings is 1. The number of ether oxygens (including phenoxy) is 2. The van der Waals surface area contributed by atoms with Crippen LogP contribution in [0.4, 0.5) is 0 Å². The Morgan fingerprint density at radius 3 is 2.58 bits per heavy atom. The van der Waals surface area contributed by atoms with Crippen molar-refractivity contribution in [2.45, 2.75) is 13.3 Å². The van der Waals surface area contributed by atoms with Crippen LogP contribution in [-0.2, 0) is 0 Å². The van der Waals surface area contributed by atoms with Crippen LogP contribution < -0.4 is 15.2 Å². The second-order valence-electron chi connectivity index (χ2n) is 4.51. The van der Waals surface area contributed by atoms with Crippen LogP contribution in [0, 0.1) is 5.41 Å². The third kappa shape index (κ3) is 5.18. The molecule has 0 saturated carbocycles. The maximum atomic E-state index is 7.43. The second kappa shape index (κ2) is 7.63. The van der Waals surface area contributed by atoms with Gasteiger partial charge in [0.05, 0.1) is 13.2 Å². The van der Waals surface area contributed by atoms with E-state index in [1.54, 1.807) is 18.2 Å². The van der Waals surface area contributed by atoms with Crippen LogP contribution in [-0.4, -0.2) is 44.6 Å². The highest BCUT2D eigenvalue weighted by molar-refractivity contribution is 5.95. The monoisotopic (exact) mass is 265 g/mol. The molecule has 1 rings (SSSR count). The third-order valence-electron chi connectivity index (χ3n) is 2.56. The normalized spacial score (nSPS) is 10.5. The fraction of sp³-hybridized carbons (Fsp3) is 0.500. The van der Waals surface area contributed by atoms with Crippen LogP contribution >= 0.6 is 0 Å². The Hall–Kier alpha value is -1.75. The number of nitrogen functional groups attached to an aromatic ring is 1. The van der Waals surface area contributed by atoms with E-state index < -0.39 is 0 Å². The van der Waals surface area contributed by atoms with Crippen molar-refractivity contribution in [3.63, 3.8) is 0 Å². The van der Waals surface area contributed by atoms with Gasteiger partial charge in [-0.2, -0.15) is 0 Å². The molecular formula is C14H23N3O2. The number of hydrogen-bond donors (Lipinski definition) is 2. The average Bonchev–Trinajstić information content (AvgIpc) is 2.35. The standard InChI is InChI=1S/C14H23N3O2/c1-4-18-13-10-11(14(15)16)6-7-12(13)19-9-5-8-17(2)3/h6-7,10H,4-5,8-9H2,1-3H3,(H3,15,16). The van der Waals surface area contributed by atoms with Gasteiger partial charge in [-0.05, 0) is 45.6 Å². The fourth-order valence-corrected chi connectivity index (χ4v) is 1.63. The highest BCUT2D eigenvalue weighted by Crippen LogP contribution is 2.28. The van der Waals surface area contributed by atoms with Crippen LogP contribution in [0.5, 0.6) is 11.5 Å². The third-order valence-corrected chi connectivity index (χ3v) is 2.56. The number of nitrogens with one attached hydrogen (secondary N) is 1. The Labute approximate surface area is 114 Å². The lowest BCUT2D eigenvalue weighted by molar-refractivity contribution is 0.258. The molecule has 1 aromatic rings. The highest BCUT2D eigenvalue weighted by atomic mass is 16.5. The van der Waals surface area contributed by atoms with Crippen molar-refractivity contribution in [1.82, 2.24) is 4.90 Å². The molecule has 5 heteroatoms. The van der Waals surface area contributed by atoms with Crippen molar-refractivity contribution >= 4 is 5.84 Å². The summed E-state index contributed by atoms with van der Waals surface area (Å²) >= 11 is 0. The summed E-state index contributed by atoms with van der Waals surface area (Å²) in [7, 11) is 4.07. The minimum atomic E-state index is 0.0279. The molecule has 19 heavy (non-hydrogen) atoms. The summed E-state index contributed by atoms with van der Waals surface area (Å²) in [5, 5.41) is 7.43. The van der Waals surface area contributed by atoms with E-state index in [0.717, 1.165) is 13.0 Å². The Bertz CT molecular complexity index is 419. The number of hydrogen-bond acceptors (Lipinski definition) is 4. The zero-order valence-electron chi connectivity index (χ0n) is 11.9. The quantitative estimate of drug-likeness (QED) is 0.426. The van der Waals surface area contributed by atoms with E-state index >= 15 is 0 Å². The first-order valence-electron chi connectivity index (χ1n) is 6.43. The lowest BCUT2D eigenvalue weighted by Gasteiger charge is -2.14. The van der Waals surface area contributed by atoms with Gasteiger partial charge in [0.2, 0.25) is 0 Å². The minimum Gasteiger partial charge on any atom is -0.490 e. The summed E-state index contributed by atoms with van der Waals surface area (Å²) in [5.41, 5.74) is 6.11. The first kappa shape index (κ1) is 15.3. The summed E-state index contributed by atoms with van der Waals surface area (Å²) in [4.78, 5) is 2.12. The highest BCUT2D eigenvalue weighted by Gasteiger charge is 2.08. The molecule has 0 unspecified atom stereocenters. The molecule has 5 nitrogen and oxygen atoms in total. The lowest BCUT2D eigenvalue weighted by Crippen LogP contribution is -2.16. The largest absolute Gasteiger partial charge is 0.490 e. The Kier molecular flexibility index (Phi) is 6.15. The lowest BCUT2D eigenvalue weighted by atomic mass is 10.2. The molecule has 1 aromatic carbocycles. The molecule has 0 atom stereocenters. The molecule has 0 aliphatic heterocycles. The fourth-order valence-electron chi connectivity index (χ4n) is 1.63. The van der Waals surface area contributed by atoms with Crippen molar-refractivity contribution in [2.24, 2.45) is 5.73 Å². The molecule has 0 aromatic heterocycles. The Balaban J connectivity index is 2.68. The van der Waals surface area contributed by atoms with Crippen LogP contribution in [0.2, 0.25) is 0 Å². The number of amidine groups is 1. The summed E-state index contributed by atoms with van der Waals surface area (Å²) in [6.45, 7) is 4.08. The van der Waals surface area contributed by atoms with Crippen LogP contribution in [0.25, 0.3) is 0 Å². The van der Waals surface area contributed by atoms with E-state index in [0.29, 0.717) is 30.3 Å². The van der Waals surface area contributed by atoms with Gasteiger partial charge in [-0.1, -0.05) is 0 Å². The molecule has 106 valence electrons. The maximum Gasteiger partial charge on any atom is 0.161 e. The van der Waals surface area contributed by atoms with Gasteiger partial charge >= 0.3 is 0 Å². The number of rotatable bonds is 8. The van der Waals surface area contributed by atoms with Gasteiger partial charge in [0.25, 0.3) is 0 Å². The number of nitrogens with zero attached hydrogens (tertiary/aromatic N) is 1. The zero-order valence-corrected chi connectivity index (χ0v) is 11.9. The molecule has 0 amide bonds. The average molecular weight is 265 g/mol. The van der Waals surface area contributed by atoms with E-state index in [9.17, 15) is 0 Å². The van der Waals surface area contributed by atoms with Gasteiger partial charge in [0, 0.05) is 12.1 Å². The van der Waals surface area contributed by atoms with Gasteiger partial charge in [0.1, 0.15) is 5.84 Å². The Morgan fingerprint density at radius 2 is 2.00 bits per heavy atom. The van der Waals surface area contributed by atoms with E-state index in [1.807, 2.05) is 21.0 Å². The van der Waals surface area contributed by atoms with Crippen molar-refractivity contribution < 1.29 is 9.47 Å².